The largest absolute Gasteiger partial charge is 0.337 e. The highest BCUT2D eigenvalue weighted by Gasteiger charge is 2.14. The van der Waals surface area contributed by atoms with Crippen LogP contribution >= 0.6 is 0 Å². The number of nitrogens with one attached hydrogen (secondary N) is 1. The van der Waals surface area contributed by atoms with Crippen LogP contribution in [-0.2, 0) is 0 Å². The lowest BCUT2D eigenvalue weighted by molar-refractivity contribution is 0.718. The molecule has 2 aliphatic rings. The van der Waals surface area contributed by atoms with Crippen molar-refractivity contribution in [1.82, 2.24) is 5.32 Å². The fourth-order valence-corrected chi connectivity index (χ4v) is 1.09. The number of hydrogen-bond acceptors (Lipinski definition) is 1. The van der Waals surface area contributed by atoms with Gasteiger partial charge >= 0.3 is 0 Å². The summed E-state index contributed by atoms with van der Waals surface area (Å²) in [6.45, 7) is 0. The van der Waals surface area contributed by atoms with Gasteiger partial charge in [0.25, 0.3) is 0 Å². The van der Waals surface area contributed by atoms with Crippen LogP contribution in [0.15, 0.2) is 23.8 Å². The zero-order valence-electron chi connectivity index (χ0n) is 5.02. The second-order valence-corrected chi connectivity index (χ2v) is 2.23. The lowest BCUT2D eigenvalue weighted by atomic mass is 10.0. The van der Waals surface area contributed by atoms with Gasteiger partial charge in [-0.25, -0.2) is 0 Å². The van der Waals surface area contributed by atoms with Crippen LogP contribution in [-0.4, -0.2) is 6.04 Å². The molecule has 0 aromatic heterocycles. The molecule has 1 aliphatic heterocycles. The van der Waals surface area contributed by atoms with E-state index >= 15 is 0 Å². The van der Waals surface area contributed by atoms with Crippen molar-refractivity contribution < 1.29 is 0 Å². The molecule has 0 spiro atoms. The smallest absolute Gasteiger partial charge is 0.0703 e. The maximum atomic E-state index is 3.08. The Kier molecular flexibility index (Phi) is 0.868. The topological polar surface area (TPSA) is 12.0 Å². The van der Waals surface area contributed by atoms with Crippen molar-refractivity contribution in [3.8, 4) is 12.0 Å². The normalized spacial score (nSPS) is 27.6. The number of fused-ring (bicyclic) bond motifs is 1. The number of allylic oxidation sites excluding steroid dienone is 2. The molecule has 2 rings (SSSR count). The molecule has 0 aromatic carbocycles. The molecule has 1 N–H and O–H groups in total. The summed E-state index contributed by atoms with van der Waals surface area (Å²) >= 11 is 0. The molecule has 1 atom stereocenters. The summed E-state index contributed by atoms with van der Waals surface area (Å²) in [4.78, 5) is 0. The van der Waals surface area contributed by atoms with Gasteiger partial charge in [-0.15, -0.1) is 0 Å². The Balaban J connectivity index is 2.35. The molecule has 0 aromatic rings. The van der Waals surface area contributed by atoms with Crippen LogP contribution in [0, 0.1) is 12.0 Å². The van der Waals surface area contributed by atoms with E-state index in [1.807, 2.05) is 0 Å². The van der Waals surface area contributed by atoms with Gasteiger partial charge in [-0.3, -0.25) is 0 Å². The average molecular weight is 117 g/mol. The number of hydrogen-bond donors (Lipinski definition) is 1. The maximum Gasteiger partial charge on any atom is 0.0703 e. The van der Waals surface area contributed by atoms with E-state index in [1.54, 1.807) is 0 Å². The predicted molar refractivity (Wildman–Crippen MR) is 36.5 cm³/mol. The van der Waals surface area contributed by atoms with Gasteiger partial charge in [-0.05, 0) is 18.4 Å². The second kappa shape index (κ2) is 1.66. The van der Waals surface area contributed by atoms with E-state index < -0.39 is 0 Å². The molecule has 0 amide bonds. The van der Waals surface area contributed by atoms with E-state index in [1.165, 1.54) is 5.57 Å². The van der Waals surface area contributed by atoms with Crippen LogP contribution in [0.5, 0.6) is 0 Å². The third-order valence-electron chi connectivity index (χ3n) is 1.61. The van der Waals surface area contributed by atoms with Crippen LogP contribution in [0.2, 0.25) is 0 Å². The fraction of sp³-hybridized carbons (Fsp3) is 0.250. The quantitative estimate of drug-likeness (QED) is 0.463. The first-order valence-electron chi connectivity index (χ1n) is 3.10. The first-order valence-corrected chi connectivity index (χ1v) is 3.10. The van der Waals surface area contributed by atoms with Gasteiger partial charge in [0.2, 0.25) is 0 Å². The van der Waals surface area contributed by atoms with Crippen molar-refractivity contribution in [3.05, 3.63) is 23.8 Å². The van der Waals surface area contributed by atoms with Gasteiger partial charge in [0.15, 0.2) is 0 Å². The summed E-state index contributed by atoms with van der Waals surface area (Å²) in [5, 5.41) is 3.08. The molecule has 1 aliphatic carbocycles. The van der Waals surface area contributed by atoms with E-state index in [4.69, 9.17) is 0 Å². The van der Waals surface area contributed by atoms with Gasteiger partial charge in [-0.1, -0.05) is 12.2 Å². The zero-order chi connectivity index (χ0) is 6.10. The Bertz CT molecular complexity index is 237. The van der Waals surface area contributed by atoms with E-state index in [9.17, 15) is 0 Å². The van der Waals surface area contributed by atoms with Crippen LogP contribution < -0.4 is 5.32 Å². The highest BCUT2D eigenvalue weighted by Crippen LogP contribution is 2.14. The van der Waals surface area contributed by atoms with Crippen LogP contribution in [0.4, 0.5) is 0 Å². The van der Waals surface area contributed by atoms with Crippen molar-refractivity contribution in [1.29, 1.82) is 0 Å². The highest BCUT2D eigenvalue weighted by molar-refractivity contribution is 5.43. The van der Waals surface area contributed by atoms with Crippen molar-refractivity contribution in [3.63, 3.8) is 0 Å². The molecule has 0 saturated carbocycles. The third-order valence-corrected chi connectivity index (χ3v) is 1.61. The molecule has 0 bridgehead atoms. The van der Waals surface area contributed by atoms with E-state index in [0.29, 0.717) is 6.04 Å². The van der Waals surface area contributed by atoms with Crippen molar-refractivity contribution in [2.75, 3.05) is 0 Å². The monoisotopic (exact) mass is 117 g/mol. The third kappa shape index (κ3) is 0.639. The molecule has 1 unspecified atom stereocenters. The summed E-state index contributed by atoms with van der Waals surface area (Å²) in [7, 11) is 0. The van der Waals surface area contributed by atoms with Crippen molar-refractivity contribution in [2.24, 2.45) is 0 Å². The van der Waals surface area contributed by atoms with Crippen LogP contribution in [0.3, 0.4) is 0 Å². The van der Waals surface area contributed by atoms with E-state index in [-0.39, 0.29) is 0 Å². The lowest BCUT2D eigenvalue weighted by Crippen LogP contribution is -2.22. The second-order valence-electron chi connectivity index (χ2n) is 2.23. The van der Waals surface area contributed by atoms with Crippen molar-refractivity contribution in [2.45, 2.75) is 12.5 Å². The molecule has 9 heavy (non-hydrogen) atoms. The maximum absolute atomic E-state index is 3.08. The summed E-state index contributed by atoms with van der Waals surface area (Å²) in [5.41, 5.74) is 1.23. The van der Waals surface area contributed by atoms with Gasteiger partial charge < -0.3 is 5.32 Å². The Hall–Kier alpha value is -1.16. The average Bonchev–Trinajstić information content (AvgIpc) is 2.33. The molecular formula is C8H7N. The Morgan fingerprint density at radius 2 is 2.67 bits per heavy atom. The van der Waals surface area contributed by atoms with E-state index in [2.05, 4.69) is 35.5 Å². The molecular weight excluding hydrogens is 110 g/mol. The molecule has 1 heteroatoms. The first-order chi connectivity index (χ1) is 4.47. The minimum absolute atomic E-state index is 0.468. The molecule has 1 nitrogen and oxygen atoms in total. The van der Waals surface area contributed by atoms with Crippen LogP contribution in [0.25, 0.3) is 0 Å². The summed E-state index contributed by atoms with van der Waals surface area (Å²) in [6, 6.07) is 3.32. The van der Waals surface area contributed by atoms with Crippen LogP contribution in [0.1, 0.15) is 6.42 Å². The minimum Gasteiger partial charge on any atom is -0.337 e. The Labute approximate surface area is 54.5 Å². The molecule has 0 saturated heterocycles. The highest BCUT2D eigenvalue weighted by atomic mass is 14.9. The summed E-state index contributed by atoms with van der Waals surface area (Å²) in [6.07, 6.45) is 7.36. The minimum atomic E-state index is 0.468. The zero-order valence-corrected chi connectivity index (χ0v) is 5.02. The molecule has 0 fully saturated rings. The predicted octanol–water partition coefficient (Wildman–Crippen LogP) is 0.805. The summed E-state index contributed by atoms with van der Waals surface area (Å²) in [5.74, 6) is 3.01. The molecule has 0 radical (unpaired) electrons. The SMILES string of the molecule is C1#CC2=CC=CCC2N1. The van der Waals surface area contributed by atoms with Gasteiger partial charge in [0.1, 0.15) is 0 Å². The number of rotatable bonds is 0. The van der Waals surface area contributed by atoms with E-state index in [0.717, 1.165) is 6.42 Å². The van der Waals surface area contributed by atoms with Gasteiger partial charge in [-0.2, -0.15) is 0 Å². The molecule has 1 heterocycles. The lowest BCUT2D eigenvalue weighted by Gasteiger charge is -2.10. The standard InChI is InChI=1S/C8H7N/c1-2-4-8-7(3-1)5-6-9-8/h1-3,8-9H,4H2. The summed E-state index contributed by atoms with van der Waals surface area (Å²) < 4.78 is 0. The molecule has 44 valence electrons. The Morgan fingerprint density at radius 3 is 3.56 bits per heavy atom. The Morgan fingerprint density at radius 1 is 1.67 bits per heavy atom. The first kappa shape index (κ1) is 4.69. The van der Waals surface area contributed by atoms with Gasteiger partial charge in [0.05, 0.1) is 6.04 Å². The fourth-order valence-electron chi connectivity index (χ4n) is 1.09. The van der Waals surface area contributed by atoms with Crippen molar-refractivity contribution >= 4 is 0 Å². The van der Waals surface area contributed by atoms with Gasteiger partial charge in [0, 0.05) is 11.6 Å².